The van der Waals surface area contributed by atoms with Crippen molar-refractivity contribution >= 4 is 87.9 Å². The fourth-order valence-corrected chi connectivity index (χ4v) is 10.5. The van der Waals surface area contributed by atoms with E-state index in [4.69, 9.17) is 16.2 Å². The van der Waals surface area contributed by atoms with Crippen molar-refractivity contribution in [2.24, 2.45) is 22.4 Å². The van der Waals surface area contributed by atoms with Gasteiger partial charge in [-0.25, -0.2) is 15.2 Å². The first-order chi connectivity index (χ1) is 46.0. The van der Waals surface area contributed by atoms with Crippen LogP contribution in [-0.4, -0.2) is 205 Å². The number of aliphatic hydroxyl groups is 2. The molecule has 13 amide bonds. The van der Waals surface area contributed by atoms with Gasteiger partial charge < -0.3 is 88.9 Å². The third kappa shape index (κ3) is 23.8. The minimum absolute atomic E-state index is 0.0404. The summed E-state index contributed by atoms with van der Waals surface area (Å²) in [5, 5.41) is 52.2. The van der Waals surface area contributed by atoms with E-state index in [9.17, 15) is 72.9 Å². The zero-order chi connectivity index (χ0) is 71.1. The van der Waals surface area contributed by atoms with Crippen molar-refractivity contribution in [2.45, 2.75) is 172 Å². The molecule has 4 aromatic rings. The summed E-state index contributed by atoms with van der Waals surface area (Å²) in [5.41, 5.74) is 20.8. The number of H-pyrrole nitrogens is 2. The second kappa shape index (κ2) is 35.9. The zero-order valence-electron chi connectivity index (χ0n) is 54.7. The summed E-state index contributed by atoms with van der Waals surface area (Å²) >= 11 is 0. The number of ether oxygens (including phenoxy) is 1. The van der Waals surface area contributed by atoms with E-state index < -0.39 is 144 Å². The first kappa shape index (κ1) is 75.6. The Morgan fingerprint density at radius 1 is 0.701 bits per heavy atom. The van der Waals surface area contributed by atoms with Gasteiger partial charge in [0, 0.05) is 67.8 Å². The number of aromatic nitrogens is 3. The molecule has 35 nitrogen and oxygen atoms in total. The van der Waals surface area contributed by atoms with E-state index in [1.165, 1.54) is 48.6 Å². The van der Waals surface area contributed by atoms with E-state index in [0.717, 1.165) is 0 Å². The number of phenolic OH excluding ortho intramolecular Hbond substituents is 1. The SMILES string of the molecule is CC(C)C[C@H](NC(=O)[C@@H](COC(C)(C)C)NC(=O)[C@H](Cc1ccc(O)cc1)NC(=O)[C@H](CO)NC(=O)[C@H](Cc1c[nH]c2ccccc12)NC(=O)[C@H](Cc1cnc[nH]1)NC(=O)[C@@H]1CCC(=O)N1)C(=O)N[C@@H](CCCN=C(N)NNC(=O)C(C)O)C(=O)N1CCC[C@H]1C(=O)NNC(N)=O. The maximum Gasteiger partial charge on any atom is 0.330 e. The lowest BCUT2D eigenvalue weighted by molar-refractivity contribution is -0.142. The molecule has 0 saturated carbocycles. The molecule has 2 saturated heterocycles. The Morgan fingerprint density at radius 3 is 1.93 bits per heavy atom. The minimum Gasteiger partial charge on any atom is -0.508 e. The second-order valence-electron chi connectivity index (χ2n) is 24.9. The molecular formula is C62H89N19O16. The van der Waals surface area contributed by atoms with Gasteiger partial charge in [0.15, 0.2) is 0 Å². The third-order valence-electron chi connectivity index (χ3n) is 15.5. The van der Waals surface area contributed by atoms with Crippen LogP contribution in [0.3, 0.4) is 0 Å². The number of benzene rings is 2. The van der Waals surface area contributed by atoms with Gasteiger partial charge in [0.05, 0.1) is 25.1 Å². The Morgan fingerprint density at radius 2 is 1.31 bits per heavy atom. The van der Waals surface area contributed by atoms with E-state index in [-0.39, 0.29) is 94.4 Å². The fourth-order valence-electron chi connectivity index (χ4n) is 10.5. The predicted molar refractivity (Wildman–Crippen MR) is 347 cm³/mol. The largest absolute Gasteiger partial charge is 0.508 e. The molecule has 21 N–H and O–H groups in total. The first-order valence-corrected chi connectivity index (χ1v) is 31.7. The van der Waals surface area contributed by atoms with Gasteiger partial charge >= 0.3 is 6.03 Å². The molecule has 2 aromatic carbocycles. The molecule has 2 aliphatic heterocycles. The number of fused-ring (bicyclic) bond motifs is 1. The number of aliphatic hydroxyl groups excluding tert-OH is 2. The van der Waals surface area contributed by atoms with Gasteiger partial charge in [-0.05, 0) is 101 Å². The number of para-hydroxylation sites is 1. The number of urea groups is 1. The first-order valence-electron chi connectivity index (χ1n) is 31.7. The third-order valence-corrected chi connectivity index (χ3v) is 15.5. The number of hydrogen-bond acceptors (Lipinski definition) is 18. The lowest BCUT2D eigenvalue weighted by atomic mass is 10.0. The van der Waals surface area contributed by atoms with Crippen molar-refractivity contribution in [1.82, 2.24) is 84.1 Å². The van der Waals surface area contributed by atoms with E-state index >= 15 is 0 Å². The fraction of sp³-hybridized carbons (Fsp3) is 0.516. The number of nitrogens with two attached hydrogens (primary N) is 2. The number of phenols is 1. The monoisotopic (exact) mass is 1360 g/mol. The number of carbonyl (C=O) groups excluding carboxylic acids is 12. The standard InChI is InChI=1S/C62H89N19O16/c1-32(2)23-42(52(88)70-41(13-9-21-66-60(63)79-77-50(86)33(3)83)59(95)81-22-10-14-48(81)58(94)78-80-61(64)96)71-57(93)47(30-97-62(4,5)6)76-53(89)43(24-34-15-17-37(84)18-16-34)72-56(92)46(29-82)75-54(90)44(25-35-27-67-39-12-8-7-11-38(35)39)73-55(91)45(26-36-28-65-31-68-36)74-51(87)40-19-20-49(85)69-40/h7-8,11-12,15-18,27-28,31-33,40-48,67,82-84H,9-10,13-14,19-26,29-30H2,1-6H3,(H,65,68)(H,69,85)(H,70,88)(H,71,93)(H,72,92)(H,73,91)(H,74,87)(H,75,90)(H,76,89)(H,77,86)(H,78,94)(H3,63,66,79)(H3,64,80,96)/t33?,40-,41-,42-,43-,44-,45-,46-,47+,48-/m0/s1. The smallest absolute Gasteiger partial charge is 0.330 e. The highest BCUT2D eigenvalue weighted by molar-refractivity contribution is 6.00. The van der Waals surface area contributed by atoms with E-state index in [1.54, 1.807) is 65.1 Å². The molecule has 2 aliphatic rings. The number of aromatic hydroxyl groups is 1. The summed E-state index contributed by atoms with van der Waals surface area (Å²) in [4.78, 5) is 180. The van der Waals surface area contributed by atoms with Crippen LogP contribution in [0.4, 0.5) is 4.79 Å². The minimum atomic E-state index is -1.82. The molecule has 35 heteroatoms. The van der Waals surface area contributed by atoms with Crippen molar-refractivity contribution in [3.05, 3.63) is 84.1 Å². The van der Waals surface area contributed by atoms with Gasteiger partial charge in [0.25, 0.3) is 11.8 Å². The van der Waals surface area contributed by atoms with Crippen molar-refractivity contribution < 1.29 is 77.6 Å². The van der Waals surface area contributed by atoms with Crippen LogP contribution in [0.5, 0.6) is 5.75 Å². The molecule has 2 fully saturated rings. The predicted octanol–water partition coefficient (Wildman–Crippen LogP) is -4.06. The Bertz CT molecular complexity index is 3450. The van der Waals surface area contributed by atoms with Crippen molar-refractivity contribution in [1.29, 1.82) is 0 Å². The Balaban J connectivity index is 1.24. The van der Waals surface area contributed by atoms with E-state index in [2.05, 4.69) is 78.8 Å². The number of nitrogens with one attached hydrogen (secondary N) is 14. The highest BCUT2D eigenvalue weighted by atomic mass is 16.5. The number of likely N-dealkylation sites (tertiary alicyclic amines) is 1. The highest BCUT2D eigenvalue weighted by Crippen LogP contribution is 2.22. The van der Waals surface area contributed by atoms with Crippen LogP contribution in [0.25, 0.3) is 10.9 Å². The highest BCUT2D eigenvalue weighted by Gasteiger charge is 2.40. The summed E-state index contributed by atoms with van der Waals surface area (Å²) < 4.78 is 6.04. The molecular weight excluding hydrogens is 1270 g/mol. The molecule has 528 valence electrons. The van der Waals surface area contributed by atoms with Crippen LogP contribution in [0.15, 0.2) is 72.2 Å². The van der Waals surface area contributed by atoms with E-state index in [1.807, 2.05) is 5.43 Å². The summed E-state index contributed by atoms with van der Waals surface area (Å²) in [5.74, 6) is -9.76. The number of aliphatic imine (C=N–C) groups is 1. The molecule has 1 unspecified atom stereocenters. The van der Waals surface area contributed by atoms with Crippen LogP contribution >= 0.6 is 0 Å². The number of guanidine groups is 1. The molecule has 97 heavy (non-hydrogen) atoms. The summed E-state index contributed by atoms with van der Waals surface area (Å²) in [6, 6.07) is -1.16. The van der Waals surface area contributed by atoms with Crippen LogP contribution in [0.1, 0.15) is 103 Å². The van der Waals surface area contributed by atoms with Crippen LogP contribution in [-0.2, 0) is 76.7 Å². The van der Waals surface area contributed by atoms with Crippen LogP contribution < -0.4 is 75.7 Å². The molecule has 0 spiro atoms. The maximum atomic E-state index is 14.8. The van der Waals surface area contributed by atoms with Crippen LogP contribution in [0.2, 0.25) is 0 Å². The van der Waals surface area contributed by atoms with Crippen LogP contribution in [0, 0.1) is 5.92 Å². The van der Waals surface area contributed by atoms with Gasteiger partial charge in [-0.15, -0.1) is 0 Å². The lowest BCUT2D eigenvalue weighted by Gasteiger charge is -2.31. The Kier molecular flexibility index (Phi) is 28.0. The molecule has 0 aliphatic carbocycles. The molecule has 10 atom stereocenters. The average Bonchev–Trinajstić information content (AvgIpc) is 1.76. The summed E-state index contributed by atoms with van der Waals surface area (Å²) in [6.45, 7) is 8.18. The molecule has 0 bridgehead atoms. The van der Waals surface area contributed by atoms with Crippen molar-refractivity contribution in [3.8, 4) is 5.75 Å². The molecule has 2 aromatic heterocycles. The quantitative estimate of drug-likeness (QED) is 0.00957. The lowest BCUT2D eigenvalue weighted by Crippen LogP contribution is -2.62. The van der Waals surface area contributed by atoms with Gasteiger partial charge in [-0.1, -0.05) is 44.2 Å². The van der Waals surface area contributed by atoms with Gasteiger partial charge in [0.1, 0.15) is 66.2 Å². The van der Waals surface area contributed by atoms with Crippen molar-refractivity contribution in [2.75, 3.05) is 26.3 Å². The number of rotatable bonds is 32. The molecule has 0 radical (unpaired) electrons. The topological polar surface area (TPSA) is 531 Å². The molecule has 6 rings (SSSR count). The van der Waals surface area contributed by atoms with E-state index in [0.29, 0.717) is 34.1 Å². The summed E-state index contributed by atoms with van der Waals surface area (Å²) in [6.07, 6.45) is 3.10. The van der Waals surface area contributed by atoms with Gasteiger partial charge in [0.2, 0.25) is 59.1 Å². The average molecular weight is 1360 g/mol. The Hall–Kier alpha value is -10.4. The van der Waals surface area contributed by atoms with Gasteiger partial charge in [-0.3, -0.25) is 74.0 Å². The maximum absolute atomic E-state index is 14.8. The van der Waals surface area contributed by atoms with Crippen molar-refractivity contribution in [3.63, 3.8) is 0 Å². The summed E-state index contributed by atoms with van der Waals surface area (Å²) in [7, 11) is 0. The number of amides is 13. The number of imidazole rings is 1. The number of aromatic amines is 2. The van der Waals surface area contributed by atoms with Gasteiger partial charge in [-0.2, -0.15) is 0 Å². The Labute approximate surface area is 558 Å². The number of nitrogens with zero attached hydrogens (tertiary/aromatic N) is 3. The molecule has 4 heterocycles. The number of hydrogen-bond donors (Lipinski definition) is 19. The second-order valence-corrected chi connectivity index (χ2v) is 24.9. The number of primary amides is 1. The number of hydrazine groups is 2. The zero-order valence-corrected chi connectivity index (χ0v) is 54.7. The normalized spacial score (nSPS) is 17.1. The number of carbonyl (C=O) groups is 12.